The molecule has 0 aliphatic heterocycles. The molecule has 0 fully saturated rings. The Balaban J connectivity index is -0.0000130. The van der Waals surface area contributed by atoms with Crippen LogP contribution in [0.5, 0.6) is 0 Å². The lowest BCUT2D eigenvalue weighted by molar-refractivity contribution is -0.898. The molecule has 0 N–H and O–H groups in total. The minimum atomic E-state index is -8.10. The third kappa shape index (κ3) is 10.2. The lowest BCUT2D eigenvalue weighted by Crippen LogP contribution is -3.00. The molecule has 0 saturated heterocycles. The van der Waals surface area contributed by atoms with Gasteiger partial charge in [0, 0.05) is 12.8 Å². The van der Waals surface area contributed by atoms with Crippen LogP contribution in [0.1, 0.15) is 25.7 Å². The molecule has 0 aliphatic carbocycles. The average molecular weight is 998 g/mol. The molecule has 0 rings (SSSR count). The highest BCUT2D eigenvalue weighted by Gasteiger charge is 2.92. The number of unbranched alkanes of at least 4 members (excludes halogenated alkanes) is 1. The van der Waals surface area contributed by atoms with Crippen LogP contribution >= 0.6 is 0 Å². The second kappa shape index (κ2) is 16.4. The minimum Gasteiger partial charge on any atom is -1.00 e. The first-order valence-corrected chi connectivity index (χ1v) is 13.7. The van der Waals surface area contributed by atoms with Gasteiger partial charge in [-0.15, -0.1) is 0 Å². The second-order valence-electron chi connectivity index (χ2n) is 13.0. The molecular formula is C24H28Br2F26N2. The maximum absolute atomic E-state index is 14.1. The number of halogens is 28. The van der Waals surface area contributed by atoms with Gasteiger partial charge in [-0.2, -0.15) is 114 Å². The third-order valence-electron chi connectivity index (χ3n) is 7.84. The molecule has 0 radical (unpaired) electrons. The van der Waals surface area contributed by atoms with Gasteiger partial charge < -0.3 is 42.9 Å². The summed E-state index contributed by atoms with van der Waals surface area (Å²) in [7, 11) is 3.44. The minimum absolute atomic E-state index is 0. The first-order chi connectivity index (χ1) is 22.1. The van der Waals surface area contributed by atoms with E-state index in [9.17, 15) is 114 Å². The summed E-state index contributed by atoms with van der Waals surface area (Å²) in [6, 6.07) is 0. The molecule has 0 heterocycles. The normalized spacial score (nSPS) is 15.9. The summed E-state index contributed by atoms with van der Waals surface area (Å²) in [5.41, 5.74) is 0. The highest BCUT2D eigenvalue weighted by Crippen LogP contribution is 2.62. The third-order valence-corrected chi connectivity index (χ3v) is 7.84. The van der Waals surface area contributed by atoms with Crippen molar-refractivity contribution < 1.29 is 157 Å². The second-order valence-corrected chi connectivity index (χ2v) is 13.0. The maximum Gasteiger partial charge on any atom is 0.460 e. The van der Waals surface area contributed by atoms with Crippen LogP contribution in [0.3, 0.4) is 0 Å². The first-order valence-electron chi connectivity index (χ1n) is 13.7. The molecule has 0 aromatic rings. The van der Waals surface area contributed by atoms with E-state index in [0.29, 0.717) is 0 Å². The zero-order valence-corrected chi connectivity index (χ0v) is 30.3. The molecular weight excluding hydrogens is 970 g/mol. The highest BCUT2D eigenvalue weighted by molar-refractivity contribution is 5.11. The van der Waals surface area contributed by atoms with Crippen molar-refractivity contribution in [3.05, 3.63) is 0 Å². The largest absolute Gasteiger partial charge is 1.00 e. The SMILES string of the molecule is C[N+](C)(CCCC[N+](C)(C)CCC(F)(F)C(F)(F)C(F)(F)C(F)(F)C(F)(F)C(F)(F)F)CCC(F)(F)C(F)(F)C(F)(F)C(F)(F)C(F)(F)C(F)(F)F.[Br-].[Br-]. The topological polar surface area (TPSA) is 0 Å². The maximum atomic E-state index is 14.1. The molecule has 0 saturated carbocycles. The summed E-state index contributed by atoms with van der Waals surface area (Å²) in [6.07, 6.45) is -21.1. The molecule has 2 nitrogen and oxygen atoms in total. The molecule has 0 spiro atoms. The molecule has 54 heavy (non-hydrogen) atoms. The van der Waals surface area contributed by atoms with E-state index in [1.807, 2.05) is 0 Å². The Labute approximate surface area is 308 Å². The lowest BCUT2D eigenvalue weighted by atomic mass is 9.92. The Bertz CT molecular complexity index is 1120. The van der Waals surface area contributed by atoms with Crippen molar-refractivity contribution in [1.82, 2.24) is 0 Å². The van der Waals surface area contributed by atoms with Crippen LogP contribution in [0.25, 0.3) is 0 Å². The van der Waals surface area contributed by atoms with Crippen molar-refractivity contribution >= 4 is 0 Å². The standard InChI is InChI=1S/C24H28F26N2.2BrH/c1-51(2,11-7-13(25,26)15(29,30)17(33,34)19(37,38)21(41,42)23(45,46)47)9-5-6-10-52(3,4)12-8-14(27,28)16(31,32)18(35,36)20(39,40)22(43,44)24(48,49)50;;/h5-12H2,1-4H3;2*1H/q+2;;/p-2. The number of hydrogen-bond acceptors (Lipinski definition) is 0. The summed E-state index contributed by atoms with van der Waals surface area (Å²) in [5, 5.41) is 0. The predicted octanol–water partition coefficient (Wildman–Crippen LogP) is 4.19. The fourth-order valence-electron chi connectivity index (χ4n) is 4.11. The Morgan fingerprint density at radius 1 is 0.278 bits per heavy atom. The van der Waals surface area contributed by atoms with Crippen molar-refractivity contribution in [2.24, 2.45) is 0 Å². The van der Waals surface area contributed by atoms with Gasteiger partial charge in [-0.25, -0.2) is 0 Å². The van der Waals surface area contributed by atoms with Crippen molar-refractivity contribution in [3.8, 4) is 0 Å². The summed E-state index contributed by atoms with van der Waals surface area (Å²) >= 11 is 0. The van der Waals surface area contributed by atoms with Crippen LogP contribution in [-0.4, -0.2) is 135 Å². The van der Waals surface area contributed by atoms with E-state index in [0.717, 1.165) is 28.2 Å². The fourth-order valence-corrected chi connectivity index (χ4v) is 4.11. The van der Waals surface area contributed by atoms with E-state index >= 15 is 0 Å². The molecule has 30 heteroatoms. The van der Waals surface area contributed by atoms with Gasteiger partial charge in [-0.3, -0.25) is 0 Å². The van der Waals surface area contributed by atoms with E-state index in [1.165, 1.54) is 0 Å². The zero-order chi connectivity index (χ0) is 42.7. The fraction of sp³-hybridized carbons (Fsp3) is 1.00. The summed E-state index contributed by atoms with van der Waals surface area (Å²) in [5.74, 6) is -75.9. The number of quaternary nitrogens is 2. The Hall–Kier alpha value is -0.940. The molecule has 0 aliphatic rings. The van der Waals surface area contributed by atoms with Crippen LogP contribution in [0.15, 0.2) is 0 Å². The van der Waals surface area contributed by atoms with Gasteiger partial charge in [0.1, 0.15) is 0 Å². The van der Waals surface area contributed by atoms with Crippen molar-refractivity contribution in [1.29, 1.82) is 0 Å². The quantitative estimate of drug-likeness (QED) is 0.104. The van der Waals surface area contributed by atoms with Crippen molar-refractivity contribution in [2.45, 2.75) is 97.3 Å². The number of alkyl halides is 26. The Morgan fingerprint density at radius 3 is 0.648 bits per heavy atom. The number of nitrogens with zero attached hydrogens (tertiary/aromatic N) is 2. The van der Waals surface area contributed by atoms with E-state index in [1.54, 1.807) is 0 Å². The molecule has 330 valence electrons. The monoisotopic (exact) mass is 996 g/mol. The molecule has 0 aromatic heterocycles. The van der Waals surface area contributed by atoms with E-state index in [4.69, 9.17) is 0 Å². The Morgan fingerprint density at radius 2 is 0.463 bits per heavy atom. The molecule has 0 atom stereocenters. The number of rotatable bonds is 19. The summed E-state index contributed by atoms with van der Waals surface area (Å²) < 4.78 is 343. The van der Waals surface area contributed by atoms with Crippen LogP contribution in [0.2, 0.25) is 0 Å². The van der Waals surface area contributed by atoms with E-state index in [-0.39, 0.29) is 46.8 Å². The molecule has 0 aromatic carbocycles. The zero-order valence-electron chi connectivity index (χ0n) is 27.1. The van der Waals surface area contributed by atoms with Gasteiger partial charge in [0.15, 0.2) is 0 Å². The van der Waals surface area contributed by atoms with Crippen molar-refractivity contribution in [3.63, 3.8) is 0 Å². The summed E-state index contributed by atoms with van der Waals surface area (Å²) in [6.45, 7) is -3.93. The molecule has 0 bridgehead atoms. The van der Waals surface area contributed by atoms with Gasteiger partial charge in [-0.1, -0.05) is 0 Å². The smallest absolute Gasteiger partial charge is 0.460 e. The van der Waals surface area contributed by atoms with Gasteiger partial charge in [-0.05, 0) is 0 Å². The highest BCUT2D eigenvalue weighted by atomic mass is 79.9. The first kappa shape index (κ1) is 57.4. The number of hydrogen-bond donors (Lipinski definition) is 0. The van der Waals surface area contributed by atoms with Gasteiger partial charge >= 0.3 is 71.6 Å². The molecule has 0 unspecified atom stereocenters. The van der Waals surface area contributed by atoms with E-state index < -0.39 is 120 Å². The average Bonchev–Trinajstić information content (AvgIpc) is 2.91. The van der Waals surface area contributed by atoms with Gasteiger partial charge in [0.05, 0.1) is 67.2 Å². The predicted molar refractivity (Wildman–Crippen MR) is 124 cm³/mol. The van der Waals surface area contributed by atoms with Gasteiger partial charge in [0.2, 0.25) is 0 Å². The Kier molecular flexibility index (Phi) is 17.4. The lowest BCUT2D eigenvalue weighted by Gasteiger charge is -2.40. The van der Waals surface area contributed by atoms with Crippen LogP contribution in [0.4, 0.5) is 114 Å². The van der Waals surface area contributed by atoms with Crippen LogP contribution in [-0.2, 0) is 0 Å². The van der Waals surface area contributed by atoms with Gasteiger partial charge in [0.25, 0.3) is 0 Å². The van der Waals surface area contributed by atoms with Crippen molar-refractivity contribution in [2.75, 3.05) is 54.4 Å². The van der Waals surface area contributed by atoms with Crippen LogP contribution < -0.4 is 34.0 Å². The summed E-state index contributed by atoms with van der Waals surface area (Å²) in [4.78, 5) is 0. The van der Waals surface area contributed by atoms with Crippen LogP contribution in [0, 0.1) is 0 Å². The molecule has 0 amide bonds. The van der Waals surface area contributed by atoms with E-state index in [2.05, 4.69) is 0 Å².